The van der Waals surface area contributed by atoms with Crippen LogP contribution in [-0.4, -0.2) is 37.0 Å². The average molecular weight is 264 g/mol. The smallest absolute Gasteiger partial charge is 0.251 e. The first-order valence-electron chi connectivity index (χ1n) is 7.02. The summed E-state index contributed by atoms with van der Waals surface area (Å²) in [5.41, 5.74) is 0.385. The van der Waals surface area contributed by atoms with Crippen molar-refractivity contribution in [3.05, 3.63) is 35.6 Å². The van der Waals surface area contributed by atoms with Gasteiger partial charge in [0.05, 0.1) is 0 Å². The molecule has 0 atom stereocenters. The van der Waals surface area contributed by atoms with Crippen LogP contribution in [0.4, 0.5) is 4.39 Å². The number of carbonyl (C=O) groups excluding carboxylic acids is 1. The third-order valence-electron chi connectivity index (χ3n) is 3.50. The zero-order valence-electron chi connectivity index (χ0n) is 11.2. The first-order chi connectivity index (χ1) is 9.25. The second-order valence-electron chi connectivity index (χ2n) is 5.02. The first kappa shape index (κ1) is 14.0. The van der Waals surface area contributed by atoms with Gasteiger partial charge in [0.1, 0.15) is 5.82 Å². The van der Waals surface area contributed by atoms with Crippen molar-refractivity contribution >= 4 is 5.91 Å². The summed E-state index contributed by atoms with van der Waals surface area (Å²) < 4.78 is 13.0. The van der Waals surface area contributed by atoms with Gasteiger partial charge in [-0.2, -0.15) is 0 Å². The highest BCUT2D eigenvalue weighted by molar-refractivity contribution is 5.94. The Morgan fingerprint density at radius 3 is 2.63 bits per heavy atom. The van der Waals surface area contributed by atoms with Crippen LogP contribution in [0.3, 0.4) is 0 Å². The van der Waals surface area contributed by atoms with Crippen LogP contribution in [0.1, 0.15) is 36.0 Å². The van der Waals surface area contributed by atoms with E-state index < -0.39 is 0 Å². The van der Waals surface area contributed by atoms with Crippen molar-refractivity contribution < 1.29 is 9.18 Å². The van der Waals surface area contributed by atoms with E-state index in [1.165, 1.54) is 37.8 Å². The van der Waals surface area contributed by atoms with E-state index in [0.717, 1.165) is 19.6 Å². The zero-order valence-corrected chi connectivity index (χ0v) is 11.2. The molecular formula is C15H21FN2O. The Bertz CT molecular complexity index is 414. The molecule has 0 unspecified atom stereocenters. The predicted octanol–water partition coefficient (Wildman–Crippen LogP) is 2.43. The van der Waals surface area contributed by atoms with Gasteiger partial charge < -0.3 is 10.2 Å². The minimum atomic E-state index is -0.375. The molecule has 1 saturated heterocycles. The predicted molar refractivity (Wildman–Crippen MR) is 73.6 cm³/mol. The Labute approximate surface area is 113 Å². The largest absolute Gasteiger partial charge is 0.351 e. The van der Waals surface area contributed by atoms with Crippen LogP contribution in [0.5, 0.6) is 0 Å². The molecular weight excluding hydrogens is 243 g/mol. The Kier molecular flexibility index (Phi) is 5.33. The maximum atomic E-state index is 13.0. The van der Waals surface area contributed by atoms with Gasteiger partial charge in [0.15, 0.2) is 0 Å². The number of rotatable bonds is 4. The molecule has 1 fully saturated rings. The lowest BCUT2D eigenvalue weighted by molar-refractivity contribution is 0.0948. The number of carbonyl (C=O) groups is 1. The van der Waals surface area contributed by atoms with E-state index in [2.05, 4.69) is 10.2 Å². The molecule has 1 amide bonds. The Hall–Kier alpha value is -1.42. The molecule has 1 N–H and O–H groups in total. The summed E-state index contributed by atoms with van der Waals surface area (Å²) in [6.45, 7) is 3.74. The van der Waals surface area contributed by atoms with E-state index in [9.17, 15) is 9.18 Å². The fourth-order valence-corrected chi connectivity index (χ4v) is 2.42. The first-order valence-corrected chi connectivity index (χ1v) is 7.02. The summed E-state index contributed by atoms with van der Waals surface area (Å²) in [6.07, 6.45) is 5.12. The molecule has 1 aromatic rings. The van der Waals surface area contributed by atoms with Crippen molar-refractivity contribution in [2.24, 2.45) is 0 Å². The number of hydrogen-bond donors (Lipinski definition) is 1. The maximum absolute atomic E-state index is 13.0. The molecule has 4 heteroatoms. The fraction of sp³-hybridized carbons (Fsp3) is 0.533. The van der Waals surface area contributed by atoms with Gasteiger partial charge in [-0.3, -0.25) is 4.79 Å². The summed E-state index contributed by atoms with van der Waals surface area (Å²) >= 11 is 0. The number of likely N-dealkylation sites (tertiary alicyclic amines) is 1. The molecule has 0 radical (unpaired) electrons. The Balaban J connectivity index is 1.74. The van der Waals surface area contributed by atoms with Crippen LogP contribution >= 0.6 is 0 Å². The minimum absolute atomic E-state index is 0.200. The lowest BCUT2D eigenvalue weighted by Gasteiger charge is -2.19. The minimum Gasteiger partial charge on any atom is -0.351 e. The molecule has 3 nitrogen and oxygen atoms in total. The summed E-state index contributed by atoms with van der Waals surface area (Å²) in [6, 6.07) is 5.79. The van der Waals surface area contributed by atoms with Gasteiger partial charge in [-0.15, -0.1) is 0 Å². The van der Waals surface area contributed by atoms with E-state index in [0.29, 0.717) is 12.1 Å². The third kappa shape index (κ3) is 4.63. The maximum Gasteiger partial charge on any atom is 0.251 e. The van der Waals surface area contributed by atoms with Gasteiger partial charge in [-0.05, 0) is 44.1 Å². The van der Waals surface area contributed by atoms with E-state index >= 15 is 0 Å². The average Bonchev–Trinajstić information content (AvgIpc) is 2.67. The molecule has 0 aliphatic carbocycles. The normalized spacial score (nSPS) is 16.9. The van der Waals surface area contributed by atoms with Crippen molar-refractivity contribution in [3.8, 4) is 0 Å². The molecule has 1 aromatic carbocycles. The number of nitrogens with zero attached hydrogens (tertiary/aromatic N) is 1. The van der Waals surface area contributed by atoms with E-state index in [-0.39, 0.29) is 11.7 Å². The Morgan fingerprint density at radius 1 is 1.21 bits per heavy atom. The Morgan fingerprint density at radius 2 is 1.95 bits per heavy atom. The molecule has 19 heavy (non-hydrogen) atoms. The van der Waals surface area contributed by atoms with E-state index in [1.807, 2.05) is 0 Å². The molecule has 0 saturated carbocycles. The van der Waals surface area contributed by atoms with Crippen molar-refractivity contribution in [1.29, 1.82) is 0 Å². The summed E-state index contributed by atoms with van der Waals surface area (Å²) in [5, 5.41) is 2.85. The fourth-order valence-electron chi connectivity index (χ4n) is 2.42. The molecule has 0 bridgehead atoms. The van der Waals surface area contributed by atoms with Crippen molar-refractivity contribution in [3.63, 3.8) is 0 Å². The number of benzene rings is 1. The van der Waals surface area contributed by atoms with Crippen molar-refractivity contribution in [2.45, 2.75) is 25.7 Å². The van der Waals surface area contributed by atoms with Crippen LogP contribution in [0, 0.1) is 5.82 Å². The van der Waals surface area contributed by atoms with Gasteiger partial charge in [0.25, 0.3) is 5.91 Å². The van der Waals surface area contributed by atoms with Crippen LogP contribution in [-0.2, 0) is 0 Å². The van der Waals surface area contributed by atoms with Crippen LogP contribution < -0.4 is 5.32 Å². The quantitative estimate of drug-likeness (QED) is 0.906. The standard InChI is InChI=1S/C15H21FN2O/c16-14-7-5-6-13(12-14)15(19)17-8-11-18-9-3-1-2-4-10-18/h5-7,12H,1-4,8-11H2,(H,17,19). The number of hydrogen-bond acceptors (Lipinski definition) is 2. The molecule has 0 aromatic heterocycles. The number of amides is 1. The molecule has 104 valence electrons. The van der Waals surface area contributed by atoms with Gasteiger partial charge >= 0.3 is 0 Å². The van der Waals surface area contributed by atoms with Crippen molar-refractivity contribution in [2.75, 3.05) is 26.2 Å². The molecule has 2 rings (SSSR count). The number of nitrogens with one attached hydrogen (secondary N) is 1. The topological polar surface area (TPSA) is 32.3 Å². The molecule has 1 aliphatic rings. The zero-order chi connectivity index (χ0) is 13.5. The lowest BCUT2D eigenvalue weighted by Crippen LogP contribution is -2.35. The van der Waals surface area contributed by atoms with Gasteiger partial charge in [0, 0.05) is 18.7 Å². The second kappa shape index (κ2) is 7.24. The number of halogens is 1. The van der Waals surface area contributed by atoms with Gasteiger partial charge in [-0.25, -0.2) is 4.39 Å². The van der Waals surface area contributed by atoms with Crippen LogP contribution in [0.2, 0.25) is 0 Å². The highest BCUT2D eigenvalue weighted by Crippen LogP contribution is 2.08. The monoisotopic (exact) mass is 264 g/mol. The molecule has 1 heterocycles. The van der Waals surface area contributed by atoms with Crippen molar-refractivity contribution in [1.82, 2.24) is 10.2 Å². The third-order valence-corrected chi connectivity index (χ3v) is 3.50. The van der Waals surface area contributed by atoms with Crippen LogP contribution in [0.15, 0.2) is 24.3 Å². The van der Waals surface area contributed by atoms with E-state index in [1.54, 1.807) is 12.1 Å². The highest BCUT2D eigenvalue weighted by Gasteiger charge is 2.10. The molecule has 1 aliphatic heterocycles. The van der Waals surface area contributed by atoms with Gasteiger partial charge in [0.2, 0.25) is 0 Å². The highest BCUT2D eigenvalue weighted by atomic mass is 19.1. The molecule has 0 spiro atoms. The van der Waals surface area contributed by atoms with Gasteiger partial charge in [-0.1, -0.05) is 18.9 Å². The van der Waals surface area contributed by atoms with E-state index in [4.69, 9.17) is 0 Å². The summed E-state index contributed by atoms with van der Waals surface area (Å²) in [7, 11) is 0. The SMILES string of the molecule is O=C(NCCN1CCCCCC1)c1cccc(F)c1. The second-order valence-corrected chi connectivity index (χ2v) is 5.02. The van der Waals surface area contributed by atoms with Crippen LogP contribution in [0.25, 0.3) is 0 Å². The lowest BCUT2D eigenvalue weighted by atomic mass is 10.2. The summed E-state index contributed by atoms with van der Waals surface area (Å²) in [4.78, 5) is 14.2. The summed E-state index contributed by atoms with van der Waals surface area (Å²) in [5.74, 6) is -0.575.